The molecule has 1 aliphatic rings. The lowest BCUT2D eigenvalue weighted by Gasteiger charge is -2.33. The summed E-state index contributed by atoms with van der Waals surface area (Å²) < 4.78 is 0. The fourth-order valence-electron chi connectivity index (χ4n) is 10.1. The minimum atomic E-state index is -0.0271. The van der Waals surface area contributed by atoms with Gasteiger partial charge in [0.2, 0.25) is 0 Å². The number of aromatic nitrogens is 4. The molecule has 0 saturated heterocycles. The Labute approximate surface area is 375 Å². The summed E-state index contributed by atoms with van der Waals surface area (Å²) in [6.07, 6.45) is 19.8. The highest BCUT2D eigenvalue weighted by atomic mass is 14.9. The second kappa shape index (κ2) is 19.2. The number of hydrogen-bond acceptors (Lipinski definition) is 4. The van der Waals surface area contributed by atoms with E-state index in [1.165, 1.54) is 134 Å². The van der Waals surface area contributed by atoms with E-state index in [4.69, 9.17) is 19.9 Å². The quantitative estimate of drug-likeness (QED) is 0.0639. The molecule has 4 nitrogen and oxygen atoms in total. The first kappa shape index (κ1) is 42.3. The van der Waals surface area contributed by atoms with E-state index in [1.54, 1.807) is 0 Å². The number of benzene rings is 5. The van der Waals surface area contributed by atoms with Gasteiger partial charge in [0.15, 0.2) is 5.82 Å². The zero-order chi connectivity index (χ0) is 43.2. The maximum atomic E-state index is 5.41. The molecule has 0 fully saturated rings. The number of hydrogen-bond donors (Lipinski definition) is 0. The van der Waals surface area contributed by atoms with Crippen LogP contribution in [-0.2, 0) is 5.41 Å². The first-order chi connectivity index (χ1) is 30.9. The van der Waals surface area contributed by atoms with Gasteiger partial charge in [0.25, 0.3) is 0 Å². The average Bonchev–Trinajstić information content (AvgIpc) is 3.58. The molecule has 8 aromatic rings. The summed E-state index contributed by atoms with van der Waals surface area (Å²) in [7, 11) is 0. The predicted octanol–water partition coefficient (Wildman–Crippen LogP) is 16.6. The molecule has 3 heterocycles. The van der Waals surface area contributed by atoms with Gasteiger partial charge < -0.3 is 0 Å². The largest absolute Gasteiger partial charge is 0.254 e. The smallest absolute Gasteiger partial charge is 0.179 e. The topological polar surface area (TPSA) is 51.6 Å². The minimum Gasteiger partial charge on any atom is -0.254 e. The molecular formula is C59H62N4. The highest BCUT2D eigenvalue weighted by molar-refractivity contribution is 6.03. The van der Waals surface area contributed by atoms with Crippen molar-refractivity contribution in [1.29, 1.82) is 0 Å². The first-order valence-corrected chi connectivity index (χ1v) is 23.9. The third-order valence-corrected chi connectivity index (χ3v) is 13.7. The van der Waals surface area contributed by atoms with Gasteiger partial charge in [-0.15, -0.1) is 0 Å². The molecule has 1 aliphatic carbocycles. The van der Waals surface area contributed by atoms with Crippen molar-refractivity contribution in [3.05, 3.63) is 156 Å². The lowest BCUT2D eigenvalue weighted by atomic mass is 9.70. The van der Waals surface area contributed by atoms with Gasteiger partial charge in [0, 0.05) is 33.5 Å². The molecule has 0 radical (unpaired) electrons. The summed E-state index contributed by atoms with van der Waals surface area (Å²) in [6.45, 7) is 9.02. The Bertz CT molecular complexity index is 2820. The molecule has 0 atom stereocenters. The van der Waals surface area contributed by atoms with Crippen molar-refractivity contribution in [1.82, 2.24) is 19.9 Å². The van der Waals surface area contributed by atoms with Crippen molar-refractivity contribution in [2.45, 2.75) is 123 Å². The summed E-state index contributed by atoms with van der Waals surface area (Å²) in [4.78, 5) is 20.7. The van der Waals surface area contributed by atoms with Crippen molar-refractivity contribution in [2.75, 3.05) is 0 Å². The number of fused-ring (bicyclic) bond motifs is 6. The molecule has 0 unspecified atom stereocenters. The number of unbranched alkanes of at least 4 members (excludes halogenated alkanes) is 10. The van der Waals surface area contributed by atoms with Gasteiger partial charge >= 0.3 is 0 Å². The third kappa shape index (κ3) is 8.96. The van der Waals surface area contributed by atoms with Crippen LogP contribution in [0.5, 0.6) is 0 Å². The maximum absolute atomic E-state index is 5.41. The number of pyridine rings is 2. The van der Waals surface area contributed by atoms with Crippen LogP contribution in [0.25, 0.3) is 78.1 Å². The average molecular weight is 827 g/mol. The summed E-state index contributed by atoms with van der Waals surface area (Å²) in [6, 6.07) is 46.7. The lowest BCUT2D eigenvalue weighted by molar-refractivity contribution is 0.398. The van der Waals surface area contributed by atoms with Crippen LogP contribution >= 0.6 is 0 Å². The van der Waals surface area contributed by atoms with Crippen molar-refractivity contribution in [3.8, 4) is 56.3 Å². The van der Waals surface area contributed by atoms with Crippen LogP contribution in [-0.4, -0.2) is 19.9 Å². The van der Waals surface area contributed by atoms with Crippen LogP contribution < -0.4 is 0 Å². The van der Waals surface area contributed by atoms with Gasteiger partial charge in [-0.3, -0.25) is 4.98 Å². The van der Waals surface area contributed by atoms with Gasteiger partial charge in [0.1, 0.15) is 5.69 Å². The van der Waals surface area contributed by atoms with Crippen LogP contribution in [0.4, 0.5) is 0 Å². The molecule has 0 bridgehead atoms. The van der Waals surface area contributed by atoms with Crippen LogP contribution in [0, 0.1) is 13.8 Å². The molecule has 0 N–H and O–H groups in total. The van der Waals surface area contributed by atoms with Crippen LogP contribution in [0.1, 0.15) is 126 Å². The molecule has 5 aromatic carbocycles. The van der Waals surface area contributed by atoms with Crippen molar-refractivity contribution < 1.29 is 0 Å². The Hall–Kier alpha value is -6.00. The molecule has 4 heteroatoms. The van der Waals surface area contributed by atoms with E-state index < -0.39 is 0 Å². The first-order valence-electron chi connectivity index (χ1n) is 23.9. The number of nitrogens with zero attached hydrogens (tertiary/aromatic N) is 4. The highest BCUT2D eigenvalue weighted by Crippen LogP contribution is 2.55. The van der Waals surface area contributed by atoms with Crippen LogP contribution in [0.3, 0.4) is 0 Å². The molecule has 9 rings (SSSR count). The van der Waals surface area contributed by atoms with Gasteiger partial charge in [-0.1, -0.05) is 205 Å². The number of aryl methyl sites for hydroxylation is 2. The van der Waals surface area contributed by atoms with E-state index in [1.807, 2.05) is 12.3 Å². The van der Waals surface area contributed by atoms with Crippen LogP contribution in [0.2, 0.25) is 0 Å². The van der Waals surface area contributed by atoms with E-state index >= 15 is 0 Å². The summed E-state index contributed by atoms with van der Waals surface area (Å²) in [5, 5.41) is 2.12. The molecule has 3 aromatic heterocycles. The lowest BCUT2D eigenvalue weighted by Crippen LogP contribution is -2.25. The van der Waals surface area contributed by atoms with Crippen LogP contribution in [0.15, 0.2) is 134 Å². The van der Waals surface area contributed by atoms with Gasteiger partial charge in [-0.05, 0) is 84.3 Å². The molecule has 0 spiro atoms. The van der Waals surface area contributed by atoms with E-state index in [9.17, 15) is 0 Å². The molecule has 0 aliphatic heterocycles. The number of rotatable bonds is 18. The Morgan fingerprint density at radius 1 is 0.413 bits per heavy atom. The highest BCUT2D eigenvalue weighted by Gasteiger charge is 2.42. The Morgan fingerprint density at radius 3 is 1.62 bits per heavy atom. The Balaban J connectivity index is 1.16. The fraction of sp³-hybridized carbons (Fsp3) is 0.322. The van der Waals surface area contributed by atoms with Crippen molar-refractivity contribution >= 4 is 21.8 Å². The fourth-order valence-corrected chi connectivity index (χ4v) is 10.1. The van der Waals surface area contributed by atoms with E-state index in [-0.39, 0.29) is 5.41 Å². The standard InChI is InChI=1S/C59H62N4/c1-5-7-9-11-13-15-35-59(36-16-14-12-10-8-6-2)51-38-42(4)21-32-49(51)50-33-30-48(39-52(50)59)55-40-54(45-26-24-44(25-27-45)43-22-19-41(3)20-23-43)62-58(63-55)53-34-31-47-29-28-46-18-17-37-60-56(46)57(47)61-53/h17-34,37-40H,5-16,35-36H2,1-4H3. The summed E-state index contributed by atoms with van der Waals surface area (Å²) >= 11 is 0. The maximum Gasteiger partial charge on any atom is 0.179 e. The summed E-state index contributed by atoms with van der Waals surface area (Å²) in [5.41, 5.74) is 17.3. The van der Waals surface area contributed by atoms with Gasteiger partial charge in [0.05, 0.1) is 22.4 Å². The normalized spacial score (nSPS) is 12.8. The monoisotopic (exact) mass is 826 g/mol. The van der Waals surface area contributed by atoms with E-state index in [2.05, 4.69) is 149 Å². The second-order valence-electron chi connectivity index (χ2n) is 18.2. The van der Waals surface area contributed by atoms with E-state index in [0.717, 1.165) is 50.0 Å². The SMILES string of the molecule is CCCCCCCCC1(CCCCCCCC)c2cc(C)ccc2-c2ccc(-c3cc(-c4ccc(-c5ccc(C)cc5)cc4)nc(-c4ccc5ccc6cccnc6c5n4)n3)cc21. The Morgan fingerprint density at radius 2 is 0.937 bits per heavy atom. The molecule has 0 saturated carbocycles. The van der Waals surface area contributed by atoms with Gasteiger partial charge in [-0.25, -0.2) is 15.0 Å². The molecular weight excluding hydrogens is 765 g/mol. The Kier molecular flexibility index (Phi) is 12.9. The van der Waals surface area contributed by atoms with Crippen molar-refractivity contribution in [3.63, 3.8) is 0 Å². The molecule has 318 valence electrons. The molecule has 63 heavy (non-hydrogen) atoms. The minimum absolute atomic E-state index is 0.0271. The summed E-state index contributed by atoms with van der Waals surface area (Å²) in [5.74, 6) is 0.616. The van der Waals surface area contributed by atoms with Gasteiger partial charge in [-0.2, -0.15) is 0 Å². The zero-order valence-corrected chi connectivity index (χ0v) is 37.9. The predicted molar refractivity (Wildman–Crippen MR) is 266 cm³/mol. The third-order valence-electron chi connectivity index (χ3n) is 13.7. The molecule has 0 amide bonds. The van der Waals surface area contributed by atoms with Crippen molar-refractivity contribution in [2.24, 2.45) is 0 Å². The zero-order valence-electron chi connectivity index (χ0n) is 37.9. The van der Waals surface area contributed by atoms with E-state index in [0.29, 0.717) is 5.82 Å². The second-order valence-corrected chi connectivity index (χ2v) is 18.2.